The average molecular weight is 360 g/mol. The second-order valence-electron chi connectivity index (χ2n) is 4.31. The topological polar surface area (TPSA) is 75.6 Å². The molecule has 2 rings (SSSR count). The van der Waals surface area contributed by atoms with Crippen LogP contribution in [0.2, 0.25) is 0 Å². The molecule has 1 aromatic carbocycles. The lowest BCUT2D eigenvalue weighted by atomic mass is 10.1. The zero-order chi connectivity index (χ0) is 14.5. The van der Waals surface area contributed by atoms with E-state index in [2.05, 4.69) is 21.2 Å². The highest BCUT2D eigenvalue weighted by atomic mass is 79.9. The van der Waals surface area contributed by atoms with Gasteiger partial charge in [0.15, 0.2) is 0 Å². The minimum Gasteiger partial charge on any atom is -0.493 e. The lowest BCUT2D eigenvalue weighted by Crippen LogP contribution is -2.25. The minimum absolute atomic E-state index is 0.0667. The maximum absolute atomic E-state index is 11.6. The van der Waals surface area contributed by atoms with Crippen LogP contribution in [0.3, 0.4) is 0 Å². The van der Waals surface area contributed by atoms with Crippen molar-refractivity contribution in [3.05, 3.63) is 27.7 Å². The third-order valence-corrected chi connectivity index (χ3v) is 4.14. The molecule has 0 unspecified atom stereocenters. The second kappa shape index (κ2) is 6.99. The van der Waals surface area contributed by atoms with Crippen LogP contribution < -0.4 is 10.1 Å². The standard InChI is InChI=1S/C13H14BrNO4S/c14-10-3-8-1-2-19-13(8)9(4-10)5-15-11(16)6-20-7-12(17)18/h3-4H,1-2,5-7H2,(H,15,16)(H,17,18). The first-order valence-corrected chi connectivity index (χ1v) is 8.01. The molecular formula is C13H14BrNO4S. The Labute approximate surface area is 129 Å². The normalized spacial score (nSPS) is 12.7. The number of halogens is 1. The number of hydrogen-bond donors (Lipinski definition) is 2. The monoisotopic (exact) mass is 359 g/mol. The van der Waals surface area contributed by atoms with Crippen LogP contribution in [0.15, 0.2) is 16.6 Å². The fraction of sp³-hybridized carbons (Fsp3) is 0.385. The Morgan fingerprint density at radius 1 is 1.40 bits per heavy atom. The van der Waals surface area contributed by atoms with Crippen LogP contribution in [0.5, 0.6) is 5.75 Å². The lowest BCUT2D eigenvalue weighted by molar-refractivity contribution is -0.133. The molecule has 108 valence electrons. The van der Waals surface area contributed by atoms with Gasteiger partial charge in [0, 0.05) is 23.0 Å². The zero-order valence-electron chi connectivity index (χ0n) is 10.6. The summed E-state index contributed by atoms with van der Waals surface area (Å²) in [6.45, 7) is 1.05. The number of ether oxygens (including phenoxy) is 1. The van der Waals surface area contributed by atoms with E-state index >= 15 is 0 Å². The smallest absolute Gasteiger partial charge is 0.313 e. The van der Waals surface area contributed by atoms with E-state index in [9.17, 15) is 9.59 Å². The number of rotatable bonds is 6. The van der Waals surface area contributed by atoms with Crippen LogP contribution in [0.4, 0.5) is 0 Å². The Bertz CT molecular complexity index is 535. The summed E-state index contributed by atoms with van der Waals surface area (Å²) in [5, 5.41) is 11.3. The Morgan fingerprint density at radius 2 is 2.20 bits per heavy atom. The van der Waals surface area contributed by atoms with Crippen molar-refractivity contribution in [2.45, 2.75) is 13.0 Å². The van der Waals surface area contributed by atoms with E-state index in [0.29, 0.717) is 13.2 Å². The first-order valence-electron chi connectivity index (χ1n) is 6.06. The van der Waals surface area contributed by atoms with Crippen molar-refractivity contribution in [3.8, 4) is 5.75 Å². The van der Waals surface area contributed by atoms with Crippen LogP contribution in [0.1, 0.15) is 11.1 Å². The van der Waals surface area contributed by atoms with E-state index in [1.807, 2.05) is 12.1 Å². The first-order chi connectivity index (χ1) is 9.56. The summed E-state index contributed by atoms with van der Waals surface area (Å²) >= 11 is 4.52. The minimum atomic E-state index is -0.916. The van der Waals surface area contributed by atoms with Gasteiger partial charge in [-0.25, -0.2) is 0 Å². The van der Waals surface area contributed by atoms with Crippen LogP contribution in [0.25, 0.3) is 0 Å². The lowest BCUT2D eigenvalue weighted by Gasteiger charge is -2.10. The molecule has 1 aliphatic rings. The highest BCUT2D eigenvalue weighted by Crippen LogP contribution is 2.32. The number of benzene rings is 1. The van der Waals surface area contributed by atoms with E-state index in [4.69, 9.17) is 9.84 Å². The van der Waals surface area contributed by atoms with E-state index in [0.717, 1.165) is 39.5 Å². The van der Waals surface area contributed by atoms with Gasteiger partial charge in [-0.3, -0.25) is 9.59 Å². The summed E-state index contributed by atoms with van der Waals surface area (Å²) in [5.41, 5.74) is 2.08. The summed E-state index contributed by atoms with van der Waals surface area (Å²) < 4.78 is 6.54. The average Bonchev–Trinajstić information content (AvgIpc) is 2.83. The SMILES string of the molecule is O=C(O)CSCC(=O)NCc1cc(Br)cc2c1OCC2. The van der Waals surface area contributed by atoms with Gasteiger partial charge in [-0.1, -0.05) is 15.9 Å². The number of hydrogen-bond acceptors (Lipinski definition) is 4. The number of carbonyl (C=O) groups excluding carboxylic acids is 1. The Morgan fingerprint density at radius 3 is 2.95 bits per heavy atom. The molecule has 0 saturated carbocycles. The Hall–Kier alpha value is -1.21. The van der Waals surface area contributed by atoms with Crippen molar-refractivity contribution in [2.75, 3.05) is 18.1 Å². The summed E-state index contributed by atoms with van der Waals surface area (Å²) in [6, 6.07) is 3.95. The third-order valence-electron chi connectivity index (χ3n) is 2.76. The fourth-order valence-electron chi connectivity index (χ4n) is 1.95. The van der Waals surface area contributed by atoms with Gasteiger partial charge in [0.25, 0.3) is 0 Å². The van der Waals surface area contributed by atoms with Gasteiger partial charge >= 0.3 is 5.97 Å². The summed E-state index contributed by atoms with van der Waals surface area (Å²) in [4.78, 5) is 22.0. The zero-order valence-corrected chi connectivity index (χ0v) is 13.1. The van der Waals surface area contributed by atoms with Crippen molar-refractivity contribution in [3.63, 3.8) is 0 Å². The van der Waals surface area contributed by atoms with Crippen molar-refractivity contribution in [1.82, 2.24) is 5.32 Å². The highest BCUT2D eigenvalue weighted by Gasteiger charge is 2.17. The van der Waals surface area contributed by atoms with Crippen molar-refractivity contribution >= 4 is 39.6 Å². The Balaban J connectivity index is 1.88. The molecule has 20 heavy (non-hydrogen) atoms. The summed E-state index contributed by atoms with van der Waals surface area (Å²) in [6.07, 6.45) is 0.879. The van der Waals surface area contributed by atoms with E-state index in [-0.39, 0.29) is 17.4 Å². The molecule has 1 amide bonds. The molecule has 1 heterocycles. The van der Waals surface area contributed by atoms with Crippen LogP contribution in [0, 0.1) is 0 Å². The number of carboxylic acid groups (broad SMARTS) is 1. The molecule has 0 aromatic heterocycles. The van der Waals surface area contributed by atoms with Crippen LogP contribution >= 0.6 is 27.7 Å². The third kappa shape index (κ3) is 4.14. The fourth-order valence-corrected chi connectivity index (χ4v) is 3.07. The number of nitrogens with one attached hydrogen (secondary N) is 1. The molecule has 2 N–H and O–H groups in total. The summed E-state index contributed by atoms with van der Waals surface area (Å²) in [5.74, 6) is -0.165. The highest BCUT2D eigenvalue weighted by molar-refractivity contribution is 9.10. The molecule has 0 aliphatic carbocycles. The number of carboxylic acids is 1. The van der Waals surface area contributed by atoms with E-state index < -0.39 is 5.97 Å². The van der Waals surface area contributed by atoms with Gasteiger partial charge in [0.05, 0.1) is 18.1 Å². The van der Waals surface area contributed by atoms with Gasteiger partial charge in [0.2, 0.25) is 5.91 Å². The molecule has 7 heteroatoms. The van der Waals surface area contributed by atoms with Gasteiger partial charge in [0.1, 0.15) is 5.75 Å². The van der Waals surface area contributed by atoms with Gasteiger partial charge in [-0.05, 0) is 17.7 Å². The van der Waals surface area contributed by atoms with Gasteiger partial charge in [-0.15, -0.1) is 11.8 Å². The van der Waals surface area contributed by atoms with Crippen molar-refractivity contribution < 1.29 is 19.4 Å². The van der Waals surface area contributed by atoms with E-state index in [1.165, 1.54) is 0 Å². The van der Waals surface area contributed by atoms with Crippen LogP contribution in [-0.2, 0) is 22.6 Å². The van der Waals surface area contributed by atoms with Gasteiger partial charge in [-0.2, -0.15) is 0 Å². The maximum atomic E-state index is 11.6. The first kappa shape index (κ1) is 15.2. The maximum Gasteiger partial charge on any atom is 0.313 e. The van der Waals surface area contributed by atoms with Crippen molar-refractivity contribution in [2.24, 2.45) is 0 Å². The molecular weight excluding hydrogens is 346 g/mol. The molecule has 1 aromatic rings. The van der Waals surface area contributed by atoms with Gasteiger partial charge < -0.3 is 15.2 Å². The molecule has 0 fully saturated rings. The van der Waals surface area contributed by atoms with Crippen molar-refractivity contribution in [1.29, 1.82) is 0 Å². The predicted octanol–water partition coefficient (Wildman–Crippen LogP) is 1.82. The molecule has 0 saturated heterocycles. The molecule has 5 nitrogen and oxygen atoms in total. The molecule has 1 aliphatic heterocycles. The number of amides is 1. The van der Waals surface area contributed by atoms with E-state index in [1.54, 1.807) is 0 Å². The molecule has 0 atom stereocenters. The van der Waals surface area contributed by atoms with Crippen LogP contribution in [-0.4, -0.2) is 35.1 Å². The molecule has 0 radical (unpaired) electrons. The number of aliphatic carboxylic acids is 1. The number of carbonyl (C=O) groups is 2. The Kier molecular flexibility index (Phi) is 5.31. The number of thioether (sulfide) groups is 1. The number of fused-ring (bicyclic) bond motifs is 1. The quantitative estimate of drug-likeness (QED) is 0.810. The summed E-state index contributed by atoms with van der Waals surface area (Å²) in [7, 11) is 0. The predicted molar refractivity (Wildman–Crippen MR) is 80.1 cm³/mol. The second-order valence-corrected chi connectivity index (χ2v) is 6.22. The molecule has 0 bridgehead atoms. The molecule has 0 spiro atoms. The largest absolute Gasteiger partial charge is 0.493 e.